The molecule has 0 spiro atoms. The molecule has 1 unspecified atom stereocenters. The van der Waals surface area contributed by atoms with Gasteiger partial charge in [-0.25, -0.2) is 9.78 Å². The maximum absolute atomic E-state index is 11.1. The van der Waals surface area contributed by atoms with Crippen LogP contribution in [0.5, 0.6) is 0 Å². The van der Waals surface area contributed by atoms with Gasteiger partial charge in [0, 0.05) is 17.2 Å². The van der Waals surface area contributed by atoms with Crippen molar-refractivity contribution in [2.24, 2.45) is 0 Å². The monoisotopic (exact) mass is 246 g/mol. The Labute approximate surface area is 97.4 Å². The van der Waals surface area contributed by atoms with E-state index in [-0.39, 0.29) is 0 Å². The Hall–Kier alpha value is -0.750. The number of thiazole rings is 1. The van der Waals surface area contributed by atoms with Crippen LogP contribution in [-0.4, -0.2) is 36.1 Å². The Morgan fingerprint density at radius 3 is 3.13 bits per heavy atom. The fourth-order valence-corrected chi connectivity index (χ4v) is 2.42. The Morgan fingerprint density at radius 1 is 1.80 bits per heavy atom. The smallest absolute Gasteiger partial charge is 0.357 e. The van der Waals surface area contributed by atoms with Gasteiger partial charge in [0.2, 0.25) is 0 Å². The average Bonchev–Trinajstić information content (AvgIpc) is 2.65. The third kappa shape index (κ3) is 3.71. The fourth-order valence-electron chi connectivity index (χ4n) is 1.04. The molecule has 0 bridgehead atoms. The first-order valence-corrected chi connectivity index (χ1v) is 6.74. The second-order valence-electron chi connectivity index (χ2n) is 3.03. The molecule has 1 rings (SSSR count). The molecule has 0 fully saturated rings. The van der Waals surface area contributed by atoms with Gasteiger partial charge in [-0.3, -0.25) is 0 Å². The summed E-state index contributed by atoms with van der Waals surface area (Å²) in [7, 11) is 1.35. The zero-order valence-corrected chi connectivity index (χ0v) is 10.6. The maximum atomic E-state index is 11.1. The second kappa shape index (κ2) is 5.97. The molecule has 0 saturated heterocycles. The molecule has 1 atom stereocenters. The van der Waals surface area contributed by atoms with E-state index in [4.69, 9.17) is 0 Å². The maximum Gasteiger partial charge on any atom is 0.357 e. The number of anilines is 1. The summed E-state index contributed by atoms with van der Waals surface area (Å²) in [6, 6.07) is 0.344. The summed E-state index contributed by atoms with van der Waals surface area (Å²) in [4.78, 5) is 15.3. The number of carbonyl (C=O) groups is 1. The van der Waals surface area contributed by atoms with Crippen molar-refractivity contribution in [3.63, 3.8) is 0 Å². The van der Waals surface area contributed by atoms with Crippen molar-refractivity contribution < 1.29 is 9.53 Å². The highest BCUT2D eigenvalue weighted by molar-refractivity contribution is 7.98. The lowest BCUT2D eigenvalue weighted by Gasteiger charge is -2.10. The Morgan fingerprint density at radius 2 is 2.53 bits per heavy atom. The number of aromatic nitrogens is 1. The van der Waals surface area contributed by atoms with E-state index >= 15 is 0 Å². The van der Waals surface area contributed by atoms with Crippen LogP contribution in [-0.2, 0) is 4.74 Å². The summed E-state index contributed by atoms with van der Waals surface area (Å²) in [5.74, 6) is 0.615. The van der Waals surface area contributed by atoms with Crippen LogP contribution in [0.1, 0.15) is 17.4 Å². The number of nitrogens with one attached hydrogen (secondary N) is 1. The number of hydrogen-bond donors (Lipinski definition) is 1. The number of carbonyl (C=O) groups excluding carboxylic acids is 1. The number of hydrogen-bond acceptors (Lipinski definition) is 6. The normalized spacial score (nSPS) is 12.2. The van der Waals surface area contributed by atoms with E-state index in [2.05, 4.69) is 28.2 Å². The molecule has 1 aromatic heterocycles. The Bertz CT molecular complexity index is 328. The number of rotatable bonds is 5. The summed E-state index contributed by atoms with van der Waals surface area (Å²) in [5.41, 5.74) is 0.362. The molecule has 4 nitrogen and oxygen atoms in total. The highest BCUT2D eigenvalue weighted by atomic mass is 32.2. The first-order chi connectivity index (χ1) is 7.17. The van der Waals surface area contributed by atoms with Crippen molar-refractivity contribution in [1.29, 1.82) is 0 Å². The molecule has 0 radical (unpaired) electrons. The van der Waals surface area contributed by atoms with Crippen molar-refractivity contribution >= 4 is 34.2 Å². The van der Waals surface area contributed by atoms with Gasteiger partial charge in [-0.15, -0.1) is 11.3 Å². The Balaban J connectivity index is 2.56. The minimum absolute atomic E-state index is 0.344. The van der Waals surface area contributed by atoms with Crippen molar-refractivity contribution in [2.75, 3.05) is 24.4 Å². The number of esters is 1. The minimum Gasteiger partial charge on any atom is -0.464 e. The zero-order valence-electron chi connectivity index (χ0n) is 8.94. The molecule has 84 valence electrons. The molecule has 0 aliphatic rings. The van der Waals surface area contributed by atoms with Gasteiger partial charge in [-0.2, -0.15) is 11.8 Å². The largest absolute Gasteiger partial charge is 0.464 e. The van der Waals surface area contributed by atoms with E-state index in [0.717, 1.165) is 10.9 Å². The number of thioether (sulfide) groups is 1. The number of nitrogens with zero attached hydrogens (tertiary/aromatic N) is 1. The predicted octanol–water partition coefficient (Wildman–Crippen LogP) is 2.09. The lowest BCUT2D eigenvalue weighted by atomic mass is 10.4. The van der Waals surface area contributed by atoms with Gasteiger partial charge in [-0.1, -0.05) is 0 Å². The van der Waals surface area contributed by atoms with E-state index in [9.17, 15) is 4.79 Å². The van der Waals surface area contributed by atoms with E-state index in [1.165, 1.54) is 18.4 Å². The lowest BCUT2D eigenvalue weighted by molar-refractivity contribution is 0.0595. The molecule has 6 heteroatoms. The van der Waals surface area contributed by atoms with Gasteiger partial charge in [-0.05, 0) is 13.2 Å². The summed E-state index contributed by atoms with van der Waals surface area (Å²) in [6.45, 7) is 2.08. The van der Waals surface area contributed by atoms with Gasteiger partial charge in [0.1, 0.15) is 0 Å². The van der Waals surface area contributed by atoms with Crippen LogP contribution >= 0.6 is 23.1 Å². The molecule has 0 amide bonds. The molecule has 0 aliphatic heterocycles. The molecular weight excluding hydrogens is 232 g/mol. The van der Waals surface area contributed by atoms with Gasteiger partial charge < -0.3 is 10.1 Å². The zero-order chi connectivity index (χ0) is 11.3. The Kier molecular flexibility index (Phi) is 4.90. The highest BCUT2D eigenvalue weighted by Gasteiger charge is 2.11. The molecule has 0 aromatic carbocycles. The van der Waals surface area contributed by atoms with Crippen LogP contribution in [0.3, 0.4) is 0 Å². The third-order valence-electron chi connectivity index (χ3n) is 1.69. The summed E-state index contributed by atoms with van der Waals surface area (Å²) in [6.07, 6.45) is 2.06. The minimum atomic E-state index is -0.392. The van der Waals surface area contributed by atoms with Crippen molar-refractivity contribution in [2.45, 2.75) is 13.0 Å². The average molecular weight is 246 g/mol. The topological polar surface area (TPSA) is 51.2 Å². The standard InChI is InChI=1S/C9H14N2O2S2/c1-6(4-14-3)10-9-11-7(5-15-9)8(12)13-2/h5-6H,4H2,1-3H3,(H,10,11). The summed E-state index contributed by atoms with van der Waals surface area (Å²) < 4.78 is 4.58. The summed E-state index contributed by atoms with van der Waals surface area (Å²) in [5, 5.41) is 5.68. The van der Waals surface area contributed by atoms with Crippen molar-refractivity contribution in [1.82, 2.24) is 4.98 Å². The van der Waals surface area contributed by atoms with Gasteiger partial charge in [0.05, 0.1) is 7.11 Å². The first-order valence-electron chi connectivity index (χ1n) is 4.46. The van der Waals surface area contributed by atoms with Gasteiger partial charge in [0.25, 0.3) is 0 Å². The molecule has 0 aliphatic carbocycles. The van der Waals surface area contributed by atoms with Gasteiger partial charge in [0.15, 0.2) is 10.8 Å². The SMILES string of the molecule is COC(=O)c1csc(NC(C)CSC)n1. The molecule has 1 N–H and O–H groups in total. The van der Waals surface area contributed by atoms with Gasteiger partial charge >= 0.3 is 5.97 Å². The highest BCUT2D eigenvalue weighted by Crippen LogP contribution is 2.17. The van der Waals surface area contributed by atoms with E-state index < -0.39 is 5.97 Å². The number of methoxy groups -OCH3 is 1. The number of ether oxygens (including phenoxy) is 1. The quantitative estimate of drug-likeness (QED) is 0.806. The first kappa shape index (κ1) is 12.3. The molecule has 15 heavy (non-hydrogen) atoms. The molecule has 1 heterocycles. The lowest BCUT2D eigenvalue weighted by Crippen LogP contribution is -2.17. The van der Waals surface area contributed by atoms with Crippen LogP contribution in [0.4, 0.5) is 5.13 Å². The fraction of sp³-hybridized carbons (Fsp3) is 0.556. The third-order valence-corrected chi connectivity index (χ3v) is 3.29. The van der Waals surface area contributed by atoms with E-state index in [0.29, 0.717) is 11.7 Å². The van der Waals surface area contributed by atoms with Crippen LogP contribution in [0.2, 0.25) is 0 Å². The molecule has 0 saturated carbocycles. The van der Waals surface area contributed by atoms with Crippen molar-refractivity contribution in [3.8, 4) is 0 Å². The molecule has 1 aromatic rings. The van der Waals surface area contributed by atoms with E-state index in [1.807, 2.05) is 0 Å². The van der Waals surface area contributed by atoms with Crippen LogP contribution in [0.25, 0.3) is 0 Å². The summed E-state index contributed by atoms with van der Waals surface area (Å²) >= 11 is 3.18. The van der Waals surface area contributed by atoms with Crippen molar-refractivity contribution in [3.05, 3.63) is 11.1 Å². The van der Waals surface area contributed by atoms with Crippen LogP contribution in [0, 0.1) is 0 Å². The predicted molar refractivity (Wildman–Crippen MR) is 64.9 cm³/mol. The molecular formula is C9H14N2O2S2. The van der Waals surface area contributed by atoms with Crippen LogP contribution in [0.15, 0.2) is 5.38 Å². The van der Waals surface area contributed by atoms with E-state index in [1.54, 1.807) is 17.1 Å². The van der Waals surface area contributed by atoms with Crippen LogP contribution < -0.4 is 5.32 Å². The second-order valence-corrected chi connectivity index (χ2v) is 4.80.